The molecule has 0 spiro atoms. The number of aromatic nitrogens is 2. The molecule has 4 aromatic rings. The zero-order chi connectivity index (χ0) is 29.0. The van der Waals surface area contributed by atoms with Gasteiger partial charge in [-0.15, -0.1) is 0 Å². The van der Waals surface area contributed by atoms with Gasteiger partial charge in [0.1, 0.15) is 11.6 Å². The van der Waals surface area contributed by atoms with E-state index in [4.69, 9.17) is 35.5 Å². The van der Waals surface area contributed by atoms with Crippen molar-refractivity contribution in [1.82, 2.24) is 14.5 Å². The van der Waals surface area contributed by atoms with Crippen molar-refractivity contribution in [3.8, 4) is 22.9 Å². The zero-order valence-electron chi connectivity index (χ0n) is 22.7. The van der Waals surface area contributed by atoms with E-state index < -0.39 is 17.8 Å². The standard InChI is InChI=1S/C29H29ClFN3O6/c1-17(33(12-13-37-2)28(35)18-14-24(38-3)26(40-5)25(15-18)39-4)27-32-23-9-7-6-8-20(23)29(36)34(27)19-10-11-22(31)21(30)16-19/h6-11,14-17H,12-13H2,1-5H3. The van der Waals surface area contributed by atoms with Gasteiger partial charge in [0, 0.05) is 19.2 Å². The van der Waals surface area contributed by atoms with Gasteiger partial charge < -0.3 is 23.8 Å². The van der Waals surface area contributed by atoms with Crippen molar-refractivity contribution in [2.75, 3.05) is 41.6 Å². The fraction of sp³-hybridized carbons (Fsp3) is 0.276. The van der Waals surface area contributed by atoms with Gasteiger partial charge in [0.05, 0.1) is 55.6 Å². The molecular formula is C29H29ClFN3O6. The Balaban J connectivity index is 1.92. The van der Waals surface area contributed by atoms with Crippen molar-refractivity contribution < 1.29 is 28.1 Å². The number of amides is 1. The second-order valence-corrected chi connectivity index (χ2v) is 9.21. The number of hydrogen-bond donors (Lipinski definition) is 0. The number of carbonyl (C=O) groups excluding carboxylic acids is 1. The first-order valence-corrected chi connectivity index (χ1v) is 12.7. The van der Waals surface area contributed by atoms with Crippen molar-refractivity contribution in [3.05, 3.63) is 87.2 Å². The summed E-state index contributed by atoms with van der Waals surface area (Å²) in [5, 5.41) is 0.208. The lowest BCUT2D eigenvalue weighted by Crippen LogP contribution is -2.39. The van der Waals surface area contributed by atoms with E-state index in [1.54, 1.807) is 43.3 Å². The number of fused-ring (bicyclic) bond motifs is 1. The Kier molecular flexibility index (Phi) is 8.91. The van der Waals surface area contributed by atoms with Crippen LogP contribution in [0, 0.1) is 5.82 Å². The molecular weight excluding hydrogens is 541 g/mol. The van der Waals surface area contributed by atoms with Crippen molar-refractivity contribution in [2.24, 2.45) is 0 Å². The van der Waals surface area contributed by atoms with Gasteiger partial charge >= 0.3 is 0 Å². The predicted molar refractivity (Wildman–Crippen MR) is 150 cm³/mol. The van der Waals surface area contributed by atoms with Gasteiger partial charge in [-0.2, -0.15) is 0 Å². The van der Waals surface area contributed by atoms with E-state index in [0.29, 0.717) is 33.8 Å². The normalized spacial score (nSPS) is 11.8. The Labute approximate surface area is 235 Å². The summed E-state index contributed by atoms with van der Waals surface area (Å²) in [5.74, 6) is 0.202. The van der Waals surface area contributed by atoms with Crippen LogP contribution in [0.4, 0.5) is 4.39 Å². The Morgan fingerprint density at radius 3 is 2.30 bits per heavy atom. The van der Waals surface area contributed by atoms with Gasteiger partial charge in [-0.3, -0.25) is 14.2 Å². The third-order valence-corrected chi connectivity index (χ3v) is 6.80. The molecule has 1 atom stereocenters. The molecule has 0 saturated carbocycles. The molecule has 4 rings (SSSR count). The van der Waals surface area contributed by atoms with Crippen LogP contribution in [0.15, 0.2) is 59.4 Å². The van der Waals surface area contributed by atoms with E-state index in [9.17, 15) is 14.0 Å². The Morgan fingerprint density at radius 2 is 1.70 bits per heavy atom. The highest BCUT2D eigenvalue weighted by molar-refractivity contribution is 6.30. The van der Waals surface area contributed by atoms with Crippen LogP contribution >= 0.6 is 11.6 Å². The van der Waals surface area contributed by atoms with Crippen molar-refractivity contribution in [2.45, 2.75) is 13.0 Å². The molecule has 1 aromatic heterocycles. The van der Waals surface area contributed by atoms with Crippen LogP contribution in [-0.2, 0) is 4.74 Å². The van der Waals surface area contributed by atoms with Crippen LogP contribution in [0.1, 0.15) is 29.1 Å². The molecule has 0 saturated heterocycles. The lowest BCUT2D eigenvalue weighted by atomic mass is 10.1. The highest BCUT2D eigenvalue weighted by Gasteiger charge is 2.29. The first-order valence-electron chi connectivity index (χ1n) is 12.3. The summed E-state index contributed by atoms with van der Waals surface area (Å²) in [6, 6.07) is 13.2. The fourth-order valence-corrected chi connectivity index (χ4v) is 4.65. The van der Waals surface area contributed by atoms with E-state index >= 15 is 0 Å². The zero-order valence-corrected chi connectivity index (χ0v) is 23.5. The van der Waals surface area contributed by atoms with Crippen LogP contribution in [-0.4, -0.2) is 61.9 Å². The number of rotatable bonds is 10. The molecule has 3 aromatic carbocycles. The van der Waals surface area contributed by atoms with Crippen LogP contribution in [0.2, 0.25) is 5.02 Å². The SMILES string of the molecule is COCCN(C(=O)c1cc(OC)c(OC)c(OC)c1)C(C)c1nc2ccccc2c(=O)n1-c1ccc(F)c(Cl)c1. The Morgan fingerprint density at radius 1 is 1.02 bits per heavy atom. The maximum Gasteiger partial charge on any atom is 0.266 e. The molecule has 0 fully saturated rings. The third kappa shape index (κ3) is 5.45. The summed E-state index contributed by atoms with van der Waals surface area (Å²) in [5.41, 5.74) is 0.633. The van der Waals surface area contributed by atoms with Crippen LogP contribution in [0.3, 0.4) is 0 Å². The van der Waals surface area contributed by atoms with Crippen molar-refractivity contribution in [1.29, 1.82) is 0 Å². The van der Waals surface area contributed by atoms with E-state index in [-0.39, 0.29) is 35.1 Å². The molecule has 0 aliphatic carbocycles. The molecule has 0 radical (unpaired) electrons. The number of methoxy groups -OCH3 is 4. The average molecular weight is 570 g/mol. The maximum absolute atomic E-state index is 14.0. The number of carbonyl (C=O) groups is 1. The monoisotopic (exact) mass is 569 g/mol. The molecule has 11 heteroatoms. The summed E-state index contributed by atoms with van der Waals surface area (Å²) in [7, 11) is 5.92. The second-order valence-electron chi connectivity index (χ2n) is 8.81. The fourth-order valence-electron chi connectivity index (χ4n) is 4.47. The van der Waals surface area contributed by atoms with Crippen LogP contribution in [0.5, 0.6) is 17.2 Å². The summed E-state index contributed by atoms with van der Waals surface area (Å²) in [6.07, 6.45) is 0. The summed E-state index contributed by atoms with van der Waals surface area (Å²) < 4.78 is 36.9. The second kappa shape index (κ2) is 12.4. The topological polar surface area (TPSA) is 92.1 Å². The van der Waals surface area contributed by atoms with Gasteiger partial charge in [-0.25, -0.2) is 9.37 Å². The van der Waals surface area contributed by atoms with E-state index in [1.807, 2.05) is 0 Å². The largest absolute Gasteiger partial charge is 0.493 e. The minimum absolute atomic E-state index is 0.152. The Bertz CT molecular complexity index is 1580. The molecule has 210 valence electrons. The first kappa shape index (κ1) is 28.8. The highest BCUT2D eigenvalue weighted by atomic mass is 35.5. The molecule has 9 nitrogen and oxygen atoms in total. The van der Waals surface area contributed by atoms with Gasteiger partial charge in [0.2, 0.25) is 5.75 Å². The number of ether oxygens (including phenoxy) is 4. The van der Waals surface area contributed by atoms with Gasteiger partial charge in [-0.1, -0.05) is 23.7 Å². The molecule has 0 N–H and O–H groups in total. The summed E-state index contributed by atoms with van der Waals surface area (Å²) in [4.78, 5) is 34.1. The lowest BCUT2D eigenvalue weighted by Gasteiger charge is -2.31. The van der Waals surface area contributed by atoms with Crippen LogP contribution in [0.25, 0.3) is 16.6 Å². The molecule has 1 unspecified atom stereocenters. The average Bonchev–Trinajstić information content (AvgIpc) is 2.97. The maximum atomic E-state index is 14.0. The quantitative estimate of drug-likeness (QED) is 0.264. The first-order chi connectivity index (χ1) is 19.2. The van der Waals surface area contributed by atoms with Crippen LogP contribution < -0.4 is 19.8 Å². The van der Waals surface area contributed by atoms with Gasteiger partial charge in [0.15, 0.2) is 11.5 Å². The minimum atomic E-state index is -0.747. The number of nitrogens with zero attached hydrogens (tertiary/aromatic N) is 3. The lowest BCUT2D eigenvalue weighted by molar-refractivity contribution is 0.0604. The van der Waals surface area contributed by atoms with Crippen molar-refractivity contribution in [3.63, 3.8) is 0 Å². The van der Waals surface area contributed by atoms with E-state index in [1.165, 1.54) is 56.1 Å². The van der Waals surface area contributed by atoms with E-state index in [2.05, 4.69) is 0 Å². The number of halogens is 2. The molecule has 1 amide bonds. The highest BCUT2D eigenvalue weighted by Crippen LogP contribution is 2.39. The smallest absolute Gasteiger partial charge is 0.266 e. The predicted octanol–water partition coefficient (Wildman–Crippen LogP) is 5.05. The molecule has 40 heavy (non-hydrogen) atoms. The molecule has 1 heterocycles. The van der Waals surface area contributed by atoms with Gasteiger partial charge in [0.25, 0.3) is 11.5 Å². The Hall–Kier alpha value is -4.15. The summed E-state index contributed by atoms with van der Waals surface area (Å²) in [6.45, 7) is 2.13. The van der Waals surface area contributed by atoms with Crippen molar-refractivity contribution >= 4 is 28.4 Å². The number of hydrogen-bond acceptors (Lipinski definition) is 7. The van der Waals surface area contributed by atoms with E-state index in [0.717, 1.165) is 0 Å². The molecule has 0 aliphatic heterocycles. The summed E-state index contributed by atoms with van der Waals surface area (Å²) >= 11 is 6.08. The third-order valence-electron chi connectivity index (χ3n) is 6.51. The molecule has 0 bridgehead atoms. The number of para-hydroxylation sites is 1. The van der Waals surface area contributed by atoms with Gasteiger partial charge in [-0.05, 0) is 49.4 Å². The minimum Gasteiger partial charge on any atom is -0.493 e. The number of benzene rings is 3. The molecule has 0 aliphatic rings.